The number of rotatable bonds is 7. The summed E-state index contributed by atoms with van der Waals surface area (Å²) in [6.45, 7) is 4.45. The highest BCUT2D eigenvalue weighted by atomic mass is 32.2. The van der Waals surface area contributed by atoms with E-state index in [9.17, 15) is 8.42 Å². The zero-order valence-electron chi connectivity index (χ0n) is 12.5. The van der Waals surface area contributed by atoms with Gasteiger partial charge in [-0.15, -0.1) is 11.3 Å². The number of sulfonamides is 1. The molecule has 0 aliphatic carbocycles. The summed E-state index contributed by atoms with van der Waals surface area (Å²) in [4.78, 5) is 5.05. The Bertz CT molecular complexity index is 707. The third-order valence-electron chi connectivity index (χ3n) is 3.21. The fourth-order valence-electron chi connectivity index (χ4n) is 2.01. The summed E-state index contributed by atoms with van der Waals surface area (Å²) >= 11 is 3.05. The number of nitrogens with one attached hydrogen (secondary N) is 1. The highest BCUT2D eigenvalue weighted by molar-refractivity contribution is 7.98. The Morgan fingerprint density at radius 3 is 2.90 bits per heavy atom. The van der Waals surface area contributed by atoms with E-state index in [1.165, 1.54) is 15.6 Å². The van der Waals surface area contributed by atoms with Crippen LogP contribution in [0.15, 0.2) is 16.6 Å². The number of aromatic nitrogens is 2. The quantitative estimate of drug-likeness (QED) is 0.831. The molecule has 1 unspecified atom stereocenters. The molecule has 0 saturated carbocycles. The Kier molecular flexibility index (Phi) is 5.18. The van der Waals surface area contributed by atoms with Gasteiger partial charge in [0.2, 0.25) is 0 Å². The molecular weight excluding hydrogens is 328 g/mol. The maximum atomic E-state index is 12.9. The molecule has 0 saturated heterocycles. The van der Waals surface area contributed by atoms with E-state index in [0.29, 0.717) is 17.3 Å². The monoisotopic (exact) mass is 348 g/mol. The van der Waals surface area contributed by atoms with Crippen molar-refractivity contribution in [2.75, 3.05) is 30.9 Å². The Morgan fingerprint density at radius 1 is 1.57 bits per heavy atom. The lowest BCUT2D eigenvalue weighted by Gasteiger charge is -2.23. The number of thiazole rings is 1. The van der Waals surface area contributed by atoms with Gasteiger partial charge >= 0.3 is 0 Å². The largest absolute Gasteiger partial charge is 0.368 e. The van der Waals surface area contributed by atoms with E-state index < -0.39 is 10.0 Å². The van der Waals surface area contributed by atoms with Gasteiger partial charge in [-0.05, 0) is 20.1 Å². The molecule has 0 spiro atoms. The number of hydrogen-bond acceptors (Lipinski definition) is 6. The van der Waals surface area contributed by atoms with Crippen LogP contribution in [0.2, 0.25) is 0 Å². The number of fused-ring (bicyclic) bond motifs is 1. The van der Waals surface area contributed by atoms with Gasteiger partial charge in [0, 0.05) is 37.0 Å². The molecule has 2 heterocycles. The highest BCUT2D eigenvalue weighted by Gasteiger charge is 2.32. The first-order valence-corrected chi connectivity index (χ1v) is 10.3. The van der Waals surface area contributed by atoms with Crippen molar-refractivity contribution in [2.24, 2.45) is 0 Å². The molecule has 2 aromatic heterocycles. The van der Waals surface area contributed by atoms with E-state index in [1.54, 1.807) is 29.4 Å². The summed E-state index contributed by atoms with van der Waals surface area (Å²) in [5.74, 6) is 1.17. The normalized spacial score (nSPS) is 14.0. The van der Waals surface area contributed by atoms with Crippen LogP contribution in [-0.4, -0.2) is 53.8 Å². The number of anilines is 1. The SMILES string of the molecule is CCNc1nc2sccn2c1S(=O)(=O)N(C)C(C)CSC. The van der Waals surface area contributed by atoms with Crippen molar-refractivity contribution in [1.29, 1.82) is 0 Å². The van der Waals surface area contributed by atoms with Crippen molar-refractivity contribution in [2.45, 2.75) is 24.9 Å². The van der Waals surface area contributed by atoms with E-state index in [-0.39, 0.29) is 11.1 Å². The first kappa shape index (κ1) is 16.6. The van der Waals surface area contributed by atoms with Crippen molar-refractivity contribution in [3.8, 4) is 0 Å². The first-order valence-electron chi connectivity index (χ1n) is 6.59. The van der Waals surface area contributed by atoms with Crippen LogP contribution >= 0.6 is 23.1 Å². The average molecular weight is 349 g/mol. The fraction of sp³-hybridized carbons (Fsp3) is 0.583. The van der Waals surface area contributed by atoms with E-state index in [1.807, 2.05) is 25.5 Å². The van der Waals surface area contributed by atoms with Crippen LogP contribution in [0.5, 0.6) is 0 Å². The molecule has 0 radical (unpaired) electrons. The Hall–Kier alpha value is -0.770. The molecule has 2 aromatic rings. The van der Waals surface area contributed by atoms with Gasteiger partial charge in [-0.3, -0.25) is 4.40 Å². The molecule has 21 heavy (non-hydrogen) atoms. The minimum Gasteiger partial charge on any atom is -0.368 e. The van der Waals surface area contributed by atoms with Crippen LogP contribution in [0.1, 0.15) is 13.8 Å². The standard InChI is InChI=1S/C12H20N4O2S3/c1-5-13-10-11(16-6-7-20-12(16)14-10)21(17,18)15(3)9(2)8-19-4/h6-7,9,13H,5,8H2,1-4H3. The Morgan fingerprint density at radius 2 is 2.29 bits per heavy atom. The van der Waals surface area contributed by atoms with Gasteiger partial charge in [-0.2, -0.15) is 16.1 Å². The van der Waals surface area contributed by atoms with Gasteiger partial charge < -0.3 is 5.32 Å². The molecule has 0 aromatic carbocycles. The zero-order valence-corrected chi connectivity index (χ0v) is 15.0. The molecule has 0 bridgehead atoms. The summed E-state index contributed by atoms with van der Waals surface area (Å²) in [7, 11) is -1.98. The molecule has 9 heteroatoms. The first-order chi connectivity index (χ1) is 9.93. The Labute approximate surface area is 133 Å². The summed E-state index contributed by atoms with van der Waals surface area (Å²) in [5.41, 5.74) is 0. The lowest BCUT2D eigenvalue weighted by Crippen LogP contribution is -2.37. The van der Waals surface area contributed by atoms with Crippen LogP contribution < -0.4 is 5.32 Å². The lowest BCUT2D eigenvalue weighted by molar-refractivity contribution is 0.413. The van der Waals surface area contributed by atoms with Crippen LogP contribution in [0.3, 0.4) is 0 Å². The van der Waals surface area contributed by atoms with Crippen LogP contribution in [0.4, 0.5) is 5.82 Å². The molecule has 6 nitrogen and oxygen atoms in total. The van der Waals surface area contributed by atoms with E-state index >= 15 is 0 Å². The maximum absolute atomic E-state index is 12.9. The third kappa shape index (κ3) is 3.05. The van der Waals surface area contributed by atoms with E-state index in [4.69, 9.17) is 0 Å². The maximum Gasteiger partial charge on any atom is 0.262 e. The average Bonchev–Trinajstić information content (AvgIpc) is 2.98. The molecule has 1 atom stereocenters. The van der Waals surface area contributed by atoms with Gasteiger partial charge in [0.15, 0.2) is 15.8 Å². The van der Waals surface area contributed by atoms with Crippen LogP contribution in [0.25, 0.3) is 4.96 Å². The third-order valence-corrected chi connectivity index (χ3v) is 6.78. The molecular formula is C12H20N4O2S3. The van der Waals surface area contributed by atoms with Gasteiger partial charge in [-0.1, -0.05) is 0 Å². The molecule has 1 N–H and O–H groups in total. The highest BCUT2D eigenvalue weighted by Crippen LogP contribution is 2.28. The molecule has 0 fully saturated rings. The van der Waals surface area contributed by atoms with E-state index in [0.717, 1.165) is 5.75 Å². The Balaban J connectivity index is 2.52. The summed E-state index contributed by atoms with van der Waals surface area (Å²) < 4.78 is 28.9. The van der Waals surface area contributed by atoms with Gasteiger partial charge in [-0.25, -0.2) is 13.4 Å². The summed E-state index contributed by atoms with van der Waals surface area (Å²) in [5, 5.41) is 5.10. The second-order valence-electron chi connectivity index (χ2n) is 4.68. The smallest absolute Gasteiger partial charge is 0.262 e. The minimum absolute atomic E-state index is 0.0799. The predicted molar refractivity (Wildman–Crippen MR) is 90.0 cm³/mol. The minimum atomic E-state index is -3.60. The van der Waals surface area contributed by atoms with E-state index in [2.05, 4.69) is 10.3 Å². The fourth-order valence-corrected chi connectivity index (χ4v) is 5.16. The number of hydrogen-bond donors (Lipinski definition) is 1. The van der Waals surface area contributed by atoms with Crippen molar-refractivity contribution in [3.63, 3.8) is 0 Å². The zero-order chi connectivity index (χ0) is 15.6. The second kappa shape index (κ2) is 6.55. The predicted octanol–water partition coefficient (Wildman–Crippen LogP) is 2.20. The lowest BCUT2D eigenvalue weighted by atomic mass is 10.4. The summed E-state index contributed by atoms with van der Waals surface area (Å²) in [6.07, 6.45) is 3.71. The summed E-state index contributed by atoms with van der Waals surface area (Å²) in [6, 6.07) is -0.0799. The van der Waals surface area contributed by atoms with Crippen molar-refractivity contribution in [3.05, 3.63) is 11.6 Å². The van der Waals surface area contributed by atoms with Gasteiger partial charge in [0.25, 0.3) is 10.0 Å². The molecule has 118 valence electrons. The van der Waals surface area contributed by atoms with Crippen molar-refractivity contribution >= 4 is 43.9 Å². The number of imidazole rings is 1. The van der Waals surface area contributed by atoms with Crippen molar-refractivity contribution < 1.29 is 8.42 Å². The molecule has 0 amide bonds. The number of thioether (sulfide) groups is 1. The van der Waals surface area contributed by atoms with Gasteiger partial charge in [0.05, 0.1) is 0 Å². The molecule has 0 aliphatic heterocycles. The van der Waals surface area contributed by atoms with Crippen LogP contribution in [0, 0.1) is 0 Å². The van der Waals surface area contributed by atoms with Crippen molar-refractivity contribution in [1.82, 2.24) is 13.7 Å². The van der Waals surface area contributed by atoms with Gasteiger partial charge in [0.1, 0.15) is 0 Å². The number of nitrogens with zero attached hydrogens (tertiary/aromatic N) is 3. The van der Waals surface area contributed by atoms with Crippen LogP contribution in [-0.2, 0) is 10.0 Å². The molecule has 0 aliphatic rings. The second-order valence-corrected chi connectivity index (χ2v) is 8.37. The molecule has 2 rings (SSSR count). The topological polar surface area (TPSA) is 66.7 Å².